The summed E-state index contributed by atoms with van der Waals surface area (Å²) in [5, 5.41) is 2.47. The molecule has 1 aliphatic rings. The van der Waals surface area contributed by atoms with Gasteiger partial charge in [-0.2, -0.15) is 0 Å². The van der Waals surface area contributed by atoms with Crippen molar-refractivity contribution in [1.29, 1.82) is 0 Å². The number of aryl methyl sites for hydroxylation is 1. The molecule has 0 aromatic heterocycles. The van der Waals surface area contributed by atoms with Crippen LogP contribution in [0.4, 0.5) is 11.4 Å². The maximum Gasteiger partial charge on any atom is 0.327 e. The Morgan fingerprint density at radius 3 is 2.38 bits per heavy atom. The molecule has 32 heavy (non-hydrogen) atoms. The molecule has 0 fully saturated rings. The number of sulfonamides is 1. The topological polar surface area (TPSA) is 130 Å². The number of fused-ring (bicyclic) bond motifs is 1. The van der Waals surface area contributed by atoms with Gasteiger partial charge in [0, 0.05) is 12.7 Å². The van der Waals surface area contributed by atoms with Gasteiger partial charge in [0.1, 0.15) is 6.54 Å². The summed E-state index contributed by atoms with van der Waals surface area (Å²) in [6.45, 7) is 0.450. The normalized spacial score (nSPS) is 13.0. The number of anilines is 2. The van der Waals surface area contributed by atoms with Crippen LogP contribution in [0.1, 0.15) is 26.3 Å². The Morgan fingerprint density at radius 1 is 1.06 bits per heavy atom. The molecule has 3 amide bonds. The fourth-order valence-corrected chi connectivity index (χ4v) is 4.07. The van der Waals surface area contributed by atoms with Crippen molar-refractivity contribution < 1.29 is 32.3 Å². The smallest absolute Gasteiger partial charge is 0.327 e. The van der Waals surface area contributed by atoms with E-state index in [4.69, 9.17) is 4.74 Å². The molecule has 1 aliphatic heterocycles. The lowest BCUT2D eigenvalue weighted by atomic mass is 10.1. The zero-order valence-electron chi connectivity index (χ0n) is 17.6. The van der Waals surface area contributed by atoms with Gasteiger partial charge in [-0.25, -0.2) is 8.42 Å². The Hall–Kier alpha value is -3.73. The minimum atomic E-state index is -3.77. The van der Waals surface area contributed by atoms with Crippen molar-refractivity contribution in [2.75, 3.05) is 36.1 Å². The number of nitrogens with one attached hydrogen (secondary N) is 1. The van der Waals surface area contributed by atoms with Crippen molar-refractivity contribution >= 4 is 45.1 Å². The lowest BCUT2D eigenvalue weighted by Gasteiger charge is -2.23. The van der Waals surface area contributed by atoms with Gasteiger partial charge in [0.2, 0.25) is 10.0 Å². The van der Waals surface area contributed by atoms with E-state index in [-0.39, 0.29) is 16.8 Å². The van der Waals surface area contributed by atoms with E-state index >= 15 is 0 Å². The highest BCUT2D eigenvalue weighted by molar-refractivity contribution is 7.92. The van der Waals surface area contributed by atoms with Gasteiger partial charge in [0.15, 0.2) is 6.61 Å². The van der Waals surface area contributed by atoms with Crippen LogP contribution in [0, 0.1) is 6.92 Å². The third kappa shape index (κ3) is 4.78. The highest BCUT2D eigenvalue weighted by atomic mass is 32.2. The number of esters is 1. The second-order valence-corrected chi connectivity index (χ2v) is 9.10. The van der Waals surface area contributed by atoms with Gasteiger partial charge in [-0.15, -0.1) is 0 Å². The van der Waals surface area contributed by atoms with E-state index in [9.17, 15) is 27.6 Å². The average molecular weight is 459 g/mol. The number of carbonyl (C=O) groups is 4. The molecule has 0 bridgehead atoms. The highest BCUT2D eigenvalue weighted by Crippen LogP contribution is 2.25. The van der Waals surface area contributed by atoms with Crippen LogP contribution in [-0.4, -0.2) is 63.5 Å². The van der Waals surface area contributed by atoms with E-state index in [0.29, 0.717) is 11.3 Å². The first-order valence-corrected chi connectivity index (χ1v) is 11.3. The van der Waals surface area contributed by atoms with Crippen molar-refractivity contribution in [2.45, 2.75) is 6.92 Å². The predicted molar refractivity (Wildman–Crippen MR) is 116 cm³/mol. The van der Waals surface area contributed by atoms with Crippen LogP contribution in [0.15, 0.2) is 42.5 Å². The summed E-state index contributed by atoms with van der Waals surface area (Å²) in [7, 11) is -2.41. The van der Waals surface area contributed by atoms with E-state index < -0.39 is 46.9 Å². The van der Waals surface area contributed by atoms with Crippen LogP contribution < -0.4 is 9.62 Å². The van der Waals surface area contributed by atoms with E-state index in [2.05, 4.69) is 5.32 Å². The lowest BCUT2D eigenvalue weighted by Crippen LogP contribution is -2.37. The zero-order chi connectivity index (χ0) is 23.6. The first-order chi connectivity index (χ1) is 15.0. The summed E-state index contributed by atoms with van der Waals surface area (Å²) >= 11 is 0. The van der Waals surface area contributed by atoms with E-state index in [1.807, 2.05) is 0 Å². The zero-order valence-corrected chi connectivity index (χ0v) is 18.4. The quantitative estimate of drug-likeness (QED) is 0.486. The number of hydrogen-bond acceptors (Lipinski definition) is 7. The van der Waals surface area contributed by atoms with E-state index in [0.717, 1.165) is 15.5 Å². The number of imide groups is 1. The number of benzene rings is 2. The molecule has 0 saturated heterocycles. The number of rotatable bonds is 7. The van der Waals surface area contributed by atoms with Crippen LogP contribution in [-0.2, 0) is 24.3 Å². The second kappa shape index (κ2) is 8.79. The van der Waals surface area contributed by atoms with Crippen LogP contribution in [0.5, 0.6) is 0 Å². The molecule has 2 aromatic carbocycles. The van der Waals surface area contributed by atoms with Crippen LogP contribution in [0.2, 0.25) is 0 Å². The molecule has 2 aromatic rings. The molecular formula is C21H21N3O7S. The summed E-state index contributed by atoms with van der Waals surface area (Å²) < 4.78 is 30.1. The lowest BCUT2D eigenvalue weighted by molar-refractivity contribution is -0.145. The number of nitrogens with zero attached hydrogens (tertiary/aromatic N) is 2. The summed E-state index contributed by atoms with van der Waals surface area (Å²) in [5.74, 6) is -2.51. The average Bonchev–Trinajstić information content (AvgIpc) is 2.94. The van der Waals surface area contributed by atoms with E-state index in [1.165, 1.54) is 25.2 Å². The molecule has 0 spiro atoms. The number of hydrogen-bond donors (Lipinski definition) is 1. The Balaban J connectivity index is 1.61. The fourth-order valence-electron chi connectivity index (χ4n) is 3.17. The molecule has 0 radical (unpaired) electrons. The molecule has 168 valence electrons. The van der Waals surface area contributed by atoms with Gasteiger partial charge in [-0.3, -0.25) is 28.4 Å². The molecule has 10 nitrogen and oxygen atoms in total. The third-order valence-electron chi connectivity index (χ3n) is 4.79. The number of amides is 3. The van der Waals surface area contributed by atoms with Gasteiger partial charge in [-0.05, 0) is 36.8 Å². The number of ether oxygens (including phenoxy) is 1. The van der Waals surface area contributed by atoms with Gasteiger partial charge in [0.05, 0.1) is 23.1 Å². The molecule has 0 saturated carbocycles. The molecule has 0 unspecified atom stereocenters. The van der Waals surface area contributed by atoms with Crippen LogP contribution in [0.25, 0.3) is 0 Å². The highest BCUT2D eigenvalue weighted by Gasteiger charge is 2.32. The SMILES string of the molecule is Cc1ccccc1N(CC(=O)OCC(=O)Nc1ccc2c(c1)C(=O)N(C)C2=O)S(C)(=O)=O. The van der Waals surface area contributed by atoms with Crippen LogP contribution >= 0.6 is 0 Å². The molecule has 0 atom stereocenters. The van der Waals surface area contributed by atoms with Gasteiger partial charge in [-0.1, -0.05) is 18.2 Å². The third-order valence-corrected chi connectivity index (χ3v) is 5.92. The Kier molecular flexibility index (Phi) is 6.30. The molecule has 0 aliphatic carbocycles. The van der Waals surface area contributed by atoms with Crippen molar-refractivity contribution in [3.63, 3.8) is 0 Å². The molecule has 11 heteroatoms. The predicted octanol–water partition coefficient (Wildman–Crippen LogP) is 1.17. The van der Waals surface area contributed by atoms with Crippen molar-refractivity contribution in [1.82, 2.24) is 4.90 Å². The summed E-state index contributed by atoms with van der Waals surface area (Å²) in [5.41, 5.74) is 1.63. The standard InChI is InChI=1S/C21H21N3O7S/c1-13-6-4-5-7-17(13)24(32(3,29)30)11-19(26)31-12-18(25)22-14-8-9-15-16(10-14)21(28)23(2)20(15)27/h4-10H,11-12H2,1-3H3,(H,22,25). The molecule has 1 N–H and O–H groups in total. The maximum atomic E-state index is 12.2. The molecule has 1 heterocycles. The van der Waals surface area contributed by atoms with Gasteiger partial charge in [0.25, 0.3) is 17.7 Å². The van der Waals surface area contributed by atoms with Crippen molar-refractivity contribution in [2.24, 2.45) is 0 Å². The fraction of sp³-hybridized carbons (Fsp3) is 0.238. The van der Waals surface area contributed by atoms with Crippen molar-refractivity contribution in [3.8, 4) is 0 Å². The Labute approximate surface area is 184 Å². The summed E-state index contributed by atoms with van der Waals surface area (Å²) in [6.07, 6.45) is 0.969. The summed E-state index contributed by atoms with van der Waals surface area (Å²) in [6, 6.07) is 10.9. The maximum absolute atomic E-state index is 12.2. The first-order valence-electron chi connectivity index (χ1n) is 9.44. The van der Waals surface area contributed by atoms with Gasteiger partial charge < -0.3 is 10.1 Å². The minimum absolute atomic E-state index is 0.161. The van der Waals surface area contributed by atoms with E-state index in [1.54, 1.807) is 31.2 Å². The second-order valence-electron chi connectivity index (χ2n) is 7.19. The molecular weight excluding hydrogens is 438 g/mol. The number of para-hydroxylation sites is 1. The Bertz CT molecular complexity index is 1220. The largest absolute Gasteiger partial charge is 0.454 e. The first kappa shape index (κ1) is 22.9. The molecule has 3 rings (SSSR count). The monoisotopic (exact) mass is 459 g/mol. The number of carbonyl (C=O) groups excluding carboxylic acids is 4. The van der Waals surface area contributed by atoms with Crippen LogP contribution in [0.3, 0.4) is 0 Å². The Morgan fingerprint density at radius 2 is 1.72 bits per heavy atom. The minimum Gasteiger partial charge on any atom is -0.454 e. The van der Waals surface area contributed by atoms with Gasteiger partial charge >= 0.3 is 5.97 Å². The summed E-state index contributed by atoms with van der Waals surface area (Å²) in [4.78, 5) is 49.3. The van der Waals surface area contributed by atoms with Crippen molar-refractivity contribution in [3.05, 3.63) is 59.2 Å².